The summed E-state index contributed by atoms with van der Waals surface area (Å²) < 4.78 is 11.0. The van der Waals surface area contributed by atoms with E-state index in [1.807, 2.05) is 18.2 Å². The van der Waals surface area contributed by atoms with E-state index in [4.69, 9.17) is 9.47 Å². The first-order chi connectivity index (χ1) is 11.8. The average molecular weight is 334 g/mol. The lowest BCUT2D eigenvalue weighted by Gasteiger charge is -2.26. The lowest BCUT2D eigenvalue weighted by Crippen LogP contribution is -2.44. The summed E-state index contributed by atoms with van der Waals surface area (Å²) in [5.41, 5.74) is 1.15. The van der Waals surface area contributed by atoms with Crippen LogP contribution in [0.1, 0.15) is 18.6 Å². The quantitative estimate of drug-likeness (QED) is 0.554. The molecule has 0 spiro atoms. The van der Waals surface area contributed by atoms with Gasteiger partial charge in [0.05, 0.1) is 19.8 Å². The van der Waals surface area contributed by atoms with Crippen molar-refractivity contribution in [1.29, 1.82) is 0 Å². The number of nitrogens with one attached hydrogen (secondary N) is 2. The molecule has 1 fully saturated rings. The van der Waals surface area contributed by atoms with Crippen LogP contribution in [0, 0.1) is 0 Å². The van der Waals surface area contributed by atoms with Crippen molar-refractivity contribution in [2.45, 2.75) is 13.0 Å². The van der Waals surface area contributed by atoms with Gasteiger partial charge in [-0.2, -0.15) is 0 Å². The number of ether oxygens (including phenoxy) is 2. The van der Waals surface area contributed by atoms with Crippen molar-refractivity contribution in [3.8, 4) is 0 Å². The van der Waals surface area contributed by atoms with E-state index in [1.165, 1.54) is 0 Å². The van der Waals surface area contributed by atoms with Crippen molar-refractivity contribution in [1.82, 2.24) is 15.5 Å². The maximum absolute atomic E-state index is 5.58. The molecule has 1 aliphatic rings. The molecule has 6 nitrogen and oxygen atoms in total. The Hall–Kier alpha value is -1.63. The van der Waals surface area contributed by atoms with E-state index in [1.54, 1.807) is 7.11 Å². The van der Waals surface area contributed by atoms with Crippen LogP contribution in [0.25, 0.3) is 0 Å². The van der Waals surface area contributed by atoms with Crippen molar-refractivity contribution in [2.75, 3.05) is 59.6 Å². The fourth-order valence-electron chi connectivity index (χ4n) is 2.66. The van der Waals surface area contributed by atoms with Gasteiger partial charge in [0.25, 0.3) is 0 Å². The zero-order valence-electron chi connectivity index (χ0n) is 14.8. The highest BCUT2D eigenvalue weighted by atomic mass is 16.5. The van der Waals surface area contributed by atoms with Crippen LogP contribution in [-0.2, 0) is 9.47 Å². The van der Waals surface area contributed by atoms with Crippen LogP contribution < -0.4 is 10.6 Å². The topological polar surface area (TPSA) is 58.1 Å². The van der Waals surface area contributed by atoms with Gasteiger partial charge in [-0.1, -0.05) is 30.3 Å². The number of hydrogen-bond acceptors (Lipinski definition) is 4. The van der Waals surface area contributed by atoms with Gasteiger partial charge < -0.3 is 20.1 Å². The molecular weight excluding hydrogens is 304 g/mol. The highest BCUT2D eigenvalue weighted by Gasteiger charge is 2.11. The molecule has 0 radical (unpaired) electrons. The third-order valence-corrected chi connectivity index (χ3v) is 4.04. The first-order valence-corrected chi connectivity index (χ1v) is 8.73. The molecule has 1 saturated heterocycles. The van der Waals surface area contributed by atoms with Crippen LogP contribution in [-0.4, -0.2) is 70.5 Å². The third kappa shape index (κ3) is 6.47. The number of nitrogens with zero attached hydrogens (tertiary/aromatic N) is 2. The van der Waals surface area contributed by atoms with E-state index in [0.29, 0.717) is 6.54 Å². The van der Waals surface area contributed by atoms with Gasteiger partial charge in [-0.05, 0) is 12.5 Å². The van der Waals surface area contributed by atoms with Crippen LogP contribution in [0.5, 0.6) is 0 Å². The molecule has 0 amide bonds. The zero-order valence-corrected chi connectivity index (χ0v) is 14.8. The summed E-state index contributed by atoms with van der Waals surface area (Å²) in [5.74, 6) is 0.837. The number of benzene rings is 1. The Labute approximate surface area is 145 Å². The molecule has 1 aliphatic heterocycles. The average Bonchev–Trinajstić information content (AvgIpc) is 2.64. The number of morpholine rings is 1. The molecule has 0 aromatic heterocycles. The fraction of sp³-hybridized carbons (Fsp3) is 0.611. The molecule has 2 N–H and O–H groups in total. The largest absolute Gasteiger partial charge is 0.379 e. The van der Waals surface area contributed by atoms with Crippen LogP contribution in [0.2, 0.25) is 0 Å². The molecule has 134 valence electrons. The van der Waals surface area contributed by atoms with Crippen molar-refractivity contribution in [2.24, 2.45) is 4.99 Å². The molecule has 0 saturated carbocycles. The van der Waals surface area contributed by atoms with Crippen LogP contribution in [0.15, 0.2) is 35.3 Å². The summed E-state index contributed by atoms with van der Waals surface area (Å²) in [6.45, 7) is 9.06. The Kier molecular flexibility index (Phi) is 8.59. The van der Waals surface area contributed by atoms with Crippen LogP contribution in [0.3, 0.4) is 0 Å². The third-order valence-electron chi connectivity index (χ3n) is 4.04. The Balaban J connectivity index is 1.82. The second kappa shape index (κ2) is 11.0. The van der Waals surface area contributed by atoms with Gasteiger partial charge in [0, 0.05) is 39.8 Å². The monoisotopic (exact) mass is 334 g/mol. The second-order valence-electron chi connectivity index (χ2n) is 5.74. The van der Waals surface area contributed by atoms with Crippen LogP contribution >= 0.6 is 0 Å². The lowest BCUT2D eigenvalue weighted by atomic mass is 10.1. The summed E-state index contributed by atoms with van der Waals surface area (Å²) in [7, 11) is 1.73. The molecule has 0 bridgehead atoms. The molecule has 1 atom stereocenters. The van der Waals surface area contributed by atoms with E-state index >= 15 is 0 Å². The summed E-state index contributed by atoms with van der Waals surface area (Å²) in [6, 6.07) is 10.2. The maximum atomic E-state index is 5.58. The standard InChI is InChI=1S/C18H30N4O2/c1-3-19-18(20-9-10-22-11-13-24-14-12-22)21-15-17(23-2)16-7-5-4-6-8-16/h4-8,17H,3,9-15H2,1-2H3,(H2,19,20,21). The molecule has 0 aliphatic carbocycles. The van der Waals surface area contributed by atoms with Crippen LogP contribution in [0.4, 0.5) is 0 Å². The Bertz CT molecular complexity index is 475. The predicted octanol–water partition coefficient (Wildman–Crippen LogP) is 1.26. The number of rotatable bonds is 8. The first-order valence-electron chi connectivity index (χ1n) is 8.73. The minimum absolute atomic E-state index is 0.0269. The Morgan fingerprint density at radius 1 is 1.25 bits per heavy atom. The molecule has 2 rings (SSSR count). The normalized spacial score (nSPS) is 17.5. The molecule has 1 heterocycles. The maximum Gasteiger partial charge on any atom is 0.191 e. The number of aliphatic imine (C=N–C) groups is 1. The van der Waals surface area contributed by atoms with Gasteiger partial charge in [-0.25, -0.2) is 0 Å². The Morgan fingerprint density at radius 3 is 2.67 bits per heavy atom. The highest BCUT2D eigenvalue weighted by Crippen LogP contribution is 2.16. The van der Waals surface area contributed by atoms with Crippen molar-refractivity contribution < 1.29 is 9.47 Å². The fourth-order valence-corrected chi connectivity index (χ4v) is 2.66. The van der Waals surface area contributed by atoms with Gasteiger partial charge in [0.1, 0.15) is 6.10 Å². The van der Waals surface area contributed by atoms with Gasteiger partial charge in [-0.3, -0.25) is 9.89 Å². The van der Waals surface area contributed by atoms with E-state index in [2.05, 4.69) is 39.6 Å². The zero-order chi connectivity index (χ0) is 17.0. The molecular formula is C18H30N4O2. The summed E-state index contributed by atoms with van der Waals surface area (Å²) in [6.07, 6.45) is -0.0269. The smallest absolute Gasteiger partial charge is 0.191 e. The lowest BCUT2D eigenvalue weighted by molar-refractivity contribution is 0.0389. The van der Waals surface area contributed by atoms with E-state index in [-0.39, 0.29) is 6.10 Å². The minimum atomic E-state index is -0.0269. The summed E-state index contributed by atoms with van der Waals surface area (Å²) in [4.78, 5) is 7.07. The minimum Gasteiger partial charge on any atom is -0.379 e. The van der Waals surface area contributed by atoms with Crippen molar-refractivity contribution >= 4 is 5.96 Å². The number of hydrogen-bond donors (Lipinski definition) is 2. The van der Waals surface area contributed by atoms with Gasteiger partial charge in [-0.15, -0.1) is 0 Å². The molecule has 24 heavy (non-hydrogen) atoms. The van der Waals surface area contributed by atoms with E-state index in [9.17, 15) is 0 Å². The molecule has 1 aromatic rings. The number of guanidine groups is 1. The van der Waals surface area contributed by atoms with Crippen molar-refractivity contribution in [3.05, 3.63) is 35.9 Å². The predicted molar refractivity (Wildman–Crippen MR) is 97.4 cm³/mol. The molecule has 1 unspecified atom stereocenters. The SMILES string of the molecule is CCNC(=NCC(OC)c1ccccc1)NCCN1CCOCC1. The van der Waals surface area contributed by atoms with Gasteiger partial charge in [0.2, 0.25) is 0 Å². The molecule has 1 aromatic carbocycles. The van der Waals surface area contributed by atoms with Gasteiger partial charge >= 0.3 is 0 Å². The molecule has 6 heteroatoms. The number of methoxy groups -OCH3 is 1. The van der Waals surface area contributed by atoms with Gasteiger partial charge in [0.15, 0.2) is 5.96 Å². The first kappa shape index (κ1) is 18.7. The Morgan fingerprint density at radius 2 is 2.00 bits per heavy atom. The van der Waals surface area contributed by atoms with E-state index < -0.39 is 0 Å². The van der Waals surface area contributed by atoms with Crippen molar-refractivity contribution in [3.63, 3.8) is 0 Å². The highest BCUT2D eigenvalue weighted by molar-refractivity contribution is 5.79. The summed E-state index contributed by atoms with van der Waals surface area (Å²) in [5, 5.41) is 6.69. The second-order valence-corrected chi connectivity index (χ2v) is 5.74. The van der Waals surface area contributed by atoms with E-state index in [0.717, 1.165) is 57.5 Å². The summed E-state index contributed by atoms with van der Waals surface area (Å²) >= 11 is 0.